The number of alkyl halides is 3. The lowest BCUT2D eigenvalue weighted by molar-refractivity contribution is -0.137. The van der Waals surface area contributed by atoms with E-state index in [1.807, 2.05) is 48.5 Å². The van der Waals surface area contributed by atoms with Crippen molar-refractivity contribution in [3.63, 3.8) is 0 Å². The van der Waals surface area contributed by atoms with Crippen LogP contribution in [0, 0.1) is 0 Å². The number of hydrogen-bond donors (Lipinski definition) is 1. The maximum Gasteiger partial charge on any atom is 0.416 e. The quantitative estimate of drug-likeness (QED) is 0.310. The van der Waals surface area contributed by atoms with Gasteiger partial charge in [-0.2, -0.15) is 13.2 Å². The van der Waals surface area contributed by atoms with Crippen LogP contribution in [0.5, 0.6) is 5.75 Å². The zero-order valence-electron chi connectivity index (χ0n) is 21.3. The Morgan fingerprint density at radius 1 is 1.05 bits per heavy atom. The molecule has 1 atom stereocenters. The van der Waals surface area contributed by atoms with Crippen LogP contribution in [0.4, 0.5) is 13.2 Å². The van der Waals surface area contributed by atoms with Crippen LogP contribution >= 0.6 is 21.8 Å². The van der Waals surface area contributed by atoms with Gasteiger partial charge in [-0.1, -0.05) is 48.2 Å². The van der Waals surface area contributed by atoms with Crippen molar-refractivity contribution in [1.29, 1.82) is 0 Å². The molecule has 200 valence electrons. The largest absolute Gasteiger partial charge is 0.497 e. The Bertz CT molecular complexity index is 1320. The first-order chi connectivity index (χ1) is 18.0. The Labute approximate surface area is 226 Å². The summed E-state index contributed by atoms with van der Waals surface area (Å²) in [6, 6.07) is 21.1. The molecule has 3 aromatic rings. The molecule has 38 heavy (non-hydrogen) atoms. The average molecular weight is 559 g/mol. The van der Waals surface area contributed by atoms with Crippen LogP contribution in [0.15, 0.2) is 88.8 Å². The average Bonchev–Trinajstić information content (AvgIpc) is 3.35. The zero-order valence-corrected chi connectivity index (χ0v) is 22.9. The molecule has 4 nitrogen and oxygen atoms in total. The minimum absolute atomic E-state index is 0.00819. The van der Waals surface area contributed by atoms with E-state index in [-0.39, 0.29) is 11.9 Å². The number of nitrogens with one attached hydrogen (secondary N) is 1. The van der Waals surface area contributed by atoms with Crippen LogP contribution in [-0.4, -0.2) is 36.4 Å². The van der Waals surface area contributed by atoms with E-state index in [2.05, 4.69) is 22.8 Å². The van der Waals surface area contributed by atoms with Gasteiger partial charge in [-0.15, -0.1) is 0 Å². The molecule has 0 fully saturated rings. The number of hydrogen-bond acceptors (Lipinski definition) is 4. The molecule has 0 aliphatic carbocycles. The Morgan fingerprint density at radius 2 is 1.71 bits per heavy atom. The Balaban J connectivity index is 1.32. The number of aliphatic imine (C=N–C) groups is 1. The SMILES string of the molecule is COc1ccc(C2CSC(NC(=O)/C=C/c3ccc(S(C)(C)Cc4ccc(C(F)(F)F)cc4)cc3)=N2)cc1. The molecule has 0 bridgehead atoms. The number of carbonyl (C=O) groups excluding carboxylic acids is 1. The van der Waals surface area contributed by atoms with Crippen molar-refractivity contribution in [2.45, 2.75) is 22.9 Å². The Kier molecular flexibility index (Phi) is 8.57. The molecule has 0 saturated carbocycles. The number of thioether (sulfide) groups is 1. The highest BCUT2D eigenvalue weighted by molar-refractivity contribution is 8.32. The normalized spacial score (nSPS) is 16.4. The van der Waals surface area contributed by atoms with E-state index in [0.717, 1.165) is 45.2 Å². The van der Waals surface area contributed by atoms with Crippen LogP contribution < -0.4 is 10.1 Å². The molecule has 1 aliphatic rings. The zero-order chi connectivity index (χ0) is 27.3. The van der Waals surface area contributed by atoms with Crippen molar-refractivity contribution >= 4 is 38.9 Å². The molecule has 3 aromatic carbocycles. The van der Waals surface area contributed by atoms with Gasteiger partial charge in [-0.25, -0.2) is 10.0 Å². The van der Waals surface area contributed by atoms with Gasteiger partial charge in [0.05, 0.1) is 18.7 Å². The van der Waals surface area contributed by atoms with Crippen LogP contribution in [-0.2, 0) is 16.7 Å². The first-order valence-electron chi connectivity index (χ1n) is 11.8. The minimum Gasteiger partial charge on any atom is -0.497 e. The fourth-order valence-electron chi connectivity index (χ4n) is 4.00. The summed E-state index contributed by atoms with van der Waals surface area (Å²) in [6.07, 6.45) is 3.19. The molecular weight excluding hydrogens is 529 g/mol. The third-order valence-electron chi connectivity index (χ3n) is 6.14. The van der Waals surface area contributed by atoms with E-state index in [9.17, 15) is 18.0 Å². The van der Waals surface area contributed by atoms with Gasteiger partial charge in [0.15, 0.2) is 5.17 Å². The Hall–Kier alpha value is -3.17. The number of amides is 1. The first kappa shape index (κ1) is 27.9. The number of halogens is 3. The molecule has 1 unspecified atom stereocenters. The van der Waals surface area contributed by atoms with E-state index in [1.165, 1.54) is 17.8 Å². The van der Waals surface area contributed by atoms with Gasteiger partial charge in [0.25, 0.3) is 0 Å². The molecule has 9 heteroatoms. The summed E-state index contributed by atoms with van der Waals surface area (Å²) in [5.41, 5.74) is 2.19. The third-order valence-corrected chi connectivity index (χ3v) is 9.70. The second kappa shape index (κ2) is 11.7. The van der Waals surface area contributed by atoms with E-state index in [1.54, 1.807) is 25.3 Å². The van der Waals surface area contributed by atoms with Gasteiger partial charge >= 0.3 is 6.18 Å². The van der Waals surface area contributed by atoms with Gasteiger partial charge in [-0.05, 0) is 76.6 Å². The highest BCUT2D eigenvalue weighted by Gasteiger charge is 2.30. The second-order valence-corrected chi connectivity index (χ2v) is 14.1. The summed E-state index contributed by atoms with van der Waals surface area (Å²) in [7, 11) is 0.360. The molecule has 1 N–H and O–H groups in total. The minimum atomic E-state index is -4.33. The lowest BCUT2D eigenvalue weighted by Gasteiger charge is -2.32. The molecule has 1 amide bonds. The predicted octanol–water partition coefficient (Wildman–Crippen LogP) is 7.31. The molecule has 4 rings (SSSR count). The predicted molar refractivity (Wildman–Crippen MR) is 152 cm³/mol. The summed E-state index contributed by atoms with van der Waals surface area (Å²) in [5.74, 6) is 1.99. The van der Waals surface area contributed by atoms with Crippen LogP contribution in [0.1, 0.15) is 28.3 Å². The molecule has 0 aromatic heterocycles. The monoisotopic (exact) mass is 558 g/mol. The summed E-state index contributed by atoms with van der Waals surface area (Å²) in [6.45, 7) is 0. The van der Waals surface area contributed by atoms with Gasteiger partial charge in [0.2, 0.25) is 5.91 Å². The van der Waals surface area contributed by atoms with Crippen LogP contribution in [0.3, 0.4) is 0 Å². The summed E-state index contributed by atoms with van der Waals surface area (Å²) >= 11 is 1.51. The molecule has 1 heterocycles. The lowest BCUT2D eigenvalue weighted by Crippen LogP contribution is -2.25. The Morgan fingerprint density at radius 3 is 2.32 bits per heavy atom. The van der Waals surface area contributed by atoms with Crippen molar-refractivity contribution in [1.82, 2.24) is 5.32 Å². The number of nitrogens with zero attached hydrogens (tertiary/aromatic N) is 1. The number of benzene rings is 3. The number of methoxy groups -OCH3 is 1. The van der Waals surface area contributed by atoms with Crippen LogP contribution in [0.25, 0.3) is 6.08 Å². The second-order valence-electron chi connectivity index (χ2n) is 9.30. The van der Waals surface area contributed by atoms with Gasteiger partial charge in [-0.3, -0.25) is 9.79 Å². The maximum atomic E-state index is 12.8. The number of ether oxygens (including phenoxy) is 1. The smallest absolute Gasteiger partial charge is 0.416 e. The van der Waals surface area contributed by atoms with Crippen molar-refractivity contribution in [3.8, 4) is 5.75 Å². The van der Waals surface area contributed by atoms with Gasteiger partial charge in [0, 0.05) is 17.6 Å². The number of rotatable bonds is 7. The van der Waals surface area contributed by atoms with Crippen molar-refractivity contribution < 1.29 is 22.7 Å². The molecular formula is C29H29F3N2O2S2. The fourth-order valence-corrected chi connectivity index (χ4v) is 7.02. The maximum absolute atomic E-state index is 12.8. The van der Waals surface area contributed by atoms with Crippen molar-refractivity contribution in [2.75, 3.05) is 25.4 Å². The van der Waals surface area contributed by atoms with Crippen molar-refractivity contribution in [3.05, 3.63) is 101 Å². The summed E-state index contributed by atoms with van der Waals surface area (Å²) in [4.78, 5) is 18.2. The summed E-state index contributed by atoms with van der Waals surface area (Å²) in [5, 5.41) is 3.45. The highest BCUT2D eigenvalue weighted by Crippen LogP contribution is 2.52. The summed E-state index contributed by atoms with van der Waals surface area (Å²) < 4.78 is 43.7. The number of amidine groups is 1. The number of carbonyl (C=O) groups is 1. The van der Waals surface area contributed by atoms with Gasteiger partial charge in [0.1, 0.15) is 5.75 Å². The lowest BCUT2D eigenvalue weighted by atomic mass is 10.1. The van der Waals surface area contributed by atoms with Crippen molar-refractivity contribution in [2.24, 2.45) is 4.99 Å². The van der Waals surface area contributed by atoms with E-state index in [4.69, 9.17) is 4.74 Å². The molecule has 0 saturated heterocycles. The van der Waals surface area contributed by atoms with Crippen LogP contribution in [0.2, 0.25) is 0 Å². The standard InChI is InChI=1S/C29H29F3N2O2S2/c1-36-24-13-9-22(10-14-24)26-18-37-28(33-26)34-27(35)17-8-20-6-15-25(16-7-20)38(2,3)19-21-4-11-23(12-5-21)29(30,31)32/h4-17,26H,18-19H2,1-3H3,(H,33,34,35)/b17-8+. The topological polar surface area (TPSA) is 50.7 Å². The van der Waals surface area contributed by atoms with E-state index < -0.39 is 21.8 Å². The highest BCUT2D eigenvalue weighted by atomic mass is 32.3. The first-order valence-corrected chi connectivity index (χ1v) is 15.4. The molecule has 0 spiro atoms. The molecule has 0 radical (unpaired) electrons. The van der Waals surface area contributed by atoms with E-state index in [0.29, 0.717) is 10.9 Å². The fraction of sp³-hybridized carbons (Fsp3) is 0.241. The molecule has 1 aliphatic heterocycles. The van der Waals surface area contributed by atoms with E-state index >= 15 is 0 Å². The van der Waals surface area contributed by atoms with Gasteiger partial charge < -0.3 is 10.1 Å². The third kappa shape index (κ3) is 7.23.